The first-order valence-corrected chi connectivity index (χ1v) is 6.51. The summed E-state index contributed by atoms with van der Waals surface area (Å²) < 4.78 is 13.2. The molecule has 0 aliphatic rings. The topological polar surface area (TPSA) is 41.1 Å². The molecule has 0 aromatic heterocycles. The summed E-state index contributed by atoms with van der Waals surface area (Å²) in [5.74, 6) is -0.660. The largest absolute Gasteiger partial charge is 0.374 e. The number of carbonyl (C=O) groups is 1. The lowest BCUT2D eigenvalue weighted by Gasteiger charge is -2.15. The molecule has 1 unspecified atom stereocenters. The van der Waals surface area contributed by atoms with Crippen LogP contribution < -0.4 is 10.6 Å². The van der Waals surface area contributed by atoms with Gasteiger partial charge in [-0.1, -0.05) is 29.8 Å². The maximum absolute atomic E-state index is 13.2. The van der Waals surface area contributed by atoms with E-state index >= 15 is 0 Å². The predicted molar refractivity (Wildman–Crippen MR) is 79.6 cm³/mol. The summed E-state index contributed by atoms with van der Waals surface area (Å²) in [7, 11) is 0. The van der Waals surface area contributed by atoms with Crippen molar-refractivity contribution in [2.45, 2.75) is 13.0 Å². The smallest absolute Gasteiger partial charge is 0.246 e. The number of anilines is 2. The number of rotatable bonds is 4. The van der Waals surface area contributed by atoms with Crippen LogP contribution in [-0.2, 0) is 4.79 Å². The minimum Gasteiger partial charge on any atom is -0.374 e. The SMILES string of the molecule is CC(Nc1cc(F)cc(Cl)c1)C(=O)Nc1ccccc1. The highest BCUT2D eigenvalue weighted by molar-refractivity contribution is 6.30. The maximum atomic E-state index is 13.2. The summed E-state index contributed by atoms with van der Waals surface area (Å²) >= 11 is 5.76. The number of hydrogen-bond acceptors (Lipinski definition) is 2. The molecule has 0 fully saturated rings. The van der Waals surface area contributed by atoms with Gasteiger partial charge in [-0.3, -0.25) is 4.79 Å². The fourth-order valence-corrected chi connectivity index (χ4v) is 1.95. The van der Waals surface area contributed by atoms with Crippen molar-refractivity contribution < 1.29 is 9.18 Å². The minimum atomic E-state index is -0.520. The van der Waals surface area contributed by atoms with Gasteiger partial charge in [0.05, 0.1) is 0 Å². The van der Waals surface area contributed by atoms with Gasteiger partial charge >= 0.3 is 0 Å². The normalized spacial score (nSPS) is 11.8. The number of amides is 1. The van der Waals surface area contributed by atoms with Crippen LogP contribution in [-0.4, -0.2) is 11.9 Å². The van der Waals surface area contributed by atoms with Crippen LogP contribution in [0, 0.1) is 5.82 Å². The van der Waals surface area contributed by atoms with Crippen molar-refractivity contribution in [3.05, 3.63) is 59.4 Å². The van der Waals surface area contributed by atoms with Crippen molar-refractivity contribution in [1.82, 2.24) is 0 Å². The zero-order chi connectivity index (χ0) is 14.5. The van der Waals surface area contributed by atoms with Crippen molar-refractivity contribution in [1.29, 1.82) is 0 Å². The van der Waals surface area contributed by atoms with E-state index in [0.717, 1.165) is 0 Å². The molecule has 3 nitrogen and oxygen atoms in total. The summed E-state index contributed by atoms with van der Waals surface area (Å²) in [4.78, 5) is 12.0. The lowest BCUT2D eigenvalue weighted by atomic mass is 10.2. The summed E-state index contributed by atoms with van der Waals surface area (Å²) in [5, 5.41) is 5.95. The van der Waals surface area contributed by atoms with E-state index < -0.39 is 11.9 Å². The molecule has 2 aromatic carbocycles. The molecule has 2 N–H and O–H groups in total. The average Bonchev–Trinajstić information content (AvgIpc) is 2.38. The van der Waals surface area contributed by atoms with Gasteiger partial charge in [0.2, 0.25) is 5.91 Å². The van der Waals surface area contributed by atoms with Gasteiger partial charge in [0.15, 0.2) is 0 Å². The quantitative estimate of drug-likeness (QED) is 0.897. The lowest BCUT2D eigenvalue weighted by molar-refractivity contribution is -0.116. The Labute approximate surface area is 121 Å². The third-order valence-electron chi connectivity index (χ3n) is 2.68. The monoisotopic (exact) mass is 292 g/mol. The fourth-order valence-electron chi connectivity index (χ4n) is 1.72. The molecule has 104 valence electrons. The number of para-hydroxylation sites is 1. The van der Waals surface area contributed by atoms with E-state index in [1.165, 1.54) is 12.1 Å². The van der Waals surface area contributed by atoms with Gasteiger partial charge in [-0.2, -0.15) is 0 Å². The Morgan fingerprint density at radius 1 is 1.15 bits per heavy atom. The molecule has 20 heavy (non-hydrogen) atoms. The molecule has 0 aliphatic carbocycles. The molecule has 0 aliphatic heterocycles. The van der Waals surface area contributed by atoms with Crippen molar-refractivity contribution >= 4 is 28.9 Å². The highest BCUT2D eigenvalue weighted by atomic mass is 35.5. The van der Waals surface area contributed by atoms with Gasteiger partial charge in [0.25, 0.3) is 0 Å². The Morgan fingerprint density at radius 2 is 1.85 bits per heavy atom. The number of nitrogens with one attached hydrogen (secondary N) is 2. The third-order valence-corrected chi connectivity index (χ3v) is 2.90. The van der Waals surface area contributed by atoms with Crippen molar-refractivity contribution in [3.63, 3.8) is 0 Å². The van der Waals surface area contributed by atoms with E-state index in [-0.39, 0.29) is 10.9 Å². The van der Waals surface area contributed by atoms with Gasteiger partial charge in [-0.15, -0.1) is 0 Å². The van der Waals surface area contributed by atoms with E-state index in [1.54, 1.807) is 25.1 Å². The molecular weight excluding hydrogens is 279 g/mol. The van der Waals surface area contributed by atoms with Gasteiger partial charge in [0, 0.05) is 16.4 Å². The van der Waals surface area contributed by atoms with Gasteiger partial charge in [-0.05, 0) is 37.3 Å². The first kappa shape index (κ1) is 14.3. The first-order chi connectivity index (χ1) is 9.54. The molecule has 0 radical (unpaired) electrons. The molecular formula is C15H14ClFN2O. The average molecular weight is 293 g/mol. The molecule has 2 rings (SSSR count). The van der Waals surface area contributed by atoms with E-state index in [1.807, 2.05) is 18.2 Å². The highest BCUT2D eigenvalue weighted by Crippen LogP contribution is 2.19. The molecule has 1 amide bonds. The van der Waals surface area contributed by atoms with Gasteiger partial charge in [0.1, 0.15) is 11.9 Å². The zero-order valence-electron chi connectivity index (χ0n) is 10.9. The first-order valence-electron chi connectivity index (χ1n) is 6.13. The van der Waals surface area contributed by atoms with Crippen LogP contribution in [0.3, 0.4) is 0 Å². The molecule has 0 heterocycles. The molecule has 0 spiro atoms. The van der Waals surface area contributed by atoms with Crippen LogP contribution in [0.4, 0.5) is 15.8 Å². The van der Waals surface area contributed by atoms with E-state index in [4.69, 9.17) is 11.6 Å². The minimum absolute atomic E-state index is 0.211. The standard InChI is InChI=1S/C15H14ClFN2O/c1-10(15(20)19-13-5-3-2-4-6-13)18-14-8-11(16)7-12(17)9-14/h2-10,18H,1H3,(H,19,20). The predicted octanol–water partition coefficient (Wildman–Crippen LogP) is 3.92. The second kappa shape index (κ2) is 6.39. The third kappa shape index (κ3) is 3.96. The van der Waals surface area contributed by atoms with Crippen molar-refractivity contribution in [2.75, 3.05) is 10.6 Å². The summed E-state index contributed by atoms with van der Waals surface area (Å²) in [5.41, 5.74) is 1.18. The maximum Gasteiger partial charge on any atom is 0.246 e. The Bertz CT molecular complexity index is 584. The number of halogens is 2. The van der Waals surface area contributed by atoms with Crippen LogP contribution in [0.2, 0.25) is 5.02 Å². The zero-order valence-corrected chi connectivity index (χ0v) is 11.6. The molecule has 0 saturated carbocycles. The second-order valence-electron chi connectivity index (χ2n) is 4.38. The van der Waals surface area contributed by atoms with E-state index in [0.29, 0.717) is 11.4 Å². The molecule has 5 heteroatoms. The van der Waals surface area contributed by atoms with E-state index in [9.17, 15) is 9.18 Å². The van der Waals surface area contributed by atoms with E-state index in [2.05, 4.69) is 10.6 Å². The van der Waals surface area contributed by atoms with Crippen LogP contribution in [0.25, 0.3) is 0 Å². The number of benzene rings is 2. The van der Waals surface area contributed by atoms with Crippen molar-refractivity contribution in [2.24, 2.45) is 0 Å². The molecule has 1 atom stereocenters. The fraction of sp³-hybridized carbons (Fsp3) is 0.133. The molecule has 2 aromatic rings. The summed E-state index contributed by atoms with van der Waals surface area (Å²) in [6, 6.07) is 12.7. The summed E-state index contributed by atoms with van der Waals surface area (Å²) in [6.45, 7) is 1.69. The highest BCUT2D eigenvalue weighted by Gasteiger charge is 2.13. The Balaban J connectivity index is 2.00. The Kier molecular flexibility index (Phi) is 4.58. The molecule has 0 bridgehead atoms. The lowest BCUT2D eigenvalue weighted by Crippen LogP contribution is -2.31. The number of hydrogen-bond donors (Lipinski definition) is 2. The van der Waals surface area contributed by atoms with Crippen LogP contribution >= 0.6 is 11.6 Å². The Hall–Kier alpha value is -2.07. The van der Waals surface area contributed by atoms with Crippen LogP contribution in [0.5, 0.6) is 0 Å². The molecule has 0 saturated heterocycles. The Morgan fingerprint density at radius 3 is 2.50 bits per heavy atom. The van der Waals surface area contributed by atoms with Crippen molar-refractivity contribution in [3.8, 4) is 0 Å². The van der Waals surface area contributed by atoms with Gasteiger partial charge in [-0.25, -0.2) is 4.39 Å². The second-order valence-corrected chi connectivity index (χ2v) is 4.82. The van der Waals surface area contributed by atoms with Gasteiger partial charge < -0.3 is 10.6 Å². The number of carbonyl (C=O) groups excluding carboxylic acids is 1. The van der Waals surface area contributed by atoms with Crippen LogP contribution in [0.1, 0.15) is 6.92 Å². The van der Waals surface area contributed by atoms with Crippen LogP contribution in [0.15, 0.2) is 48.5 Å². The summed E-state index contributed by atoms with van der Waals surface area (Å²) in [6.07, 6.45) is 0.